The molecule has 19 heteroatoms. The van der Waals surface area contributed by atoms with Crippen LogP contribution >= 0.6 is 11.6 Å². The Morgan fingerprint density at radius 3 is 2.17 bits per heavy atom. The van der Waals surface area contributed by atoms with Gasteiger partial charge in [-0.05, 0) is 130 Å². The second-order valence-corrected chi connectivity index (χ2v) is 22.9. The van der Waals surface area contributed by atoms with Gasteiger partial charge < -0.3 is 64.2 Å². The number of nitrogens with one attached hydrogen (secondary N) is 1. The summed E-state index contributed by atoms with van der Waals surface area (Å²) in [6, 6.07) is 4.03. The van der Waals surface area contributed by atoms with Crippen molar-refractivity contribution < 1.29 is 67.2 Å². The number of rotatable bonds is 11. The molecular weight excluding hydrogens is 898 g/mol. The number of ether oxygens (including phenoxy) is 6. The number of likely N-dealkylation sites (tertiary alicyclic amines) is 1. The maximum atomic E-state index is 14.5. The van der Waals surface area contributed by atoms with Gasteiger partial charge in [0, 0.05) is 44.1 Å². The highest BCUT2D eigenvalue weighted by Gasteiger charge is 2.59. The third kappa shape index (κ3) is 11.8. The fourth-order valence-corrected chi connectivity index (χ4v) is 12.3. The summed E-state index contributed by atoms with van der Waals surface area (Å²) in [5.41, 5.74) is -6.26. The van der Waals surface area contributed by atoms with E-state index in [2.05, 4.69) is 10.2 Å². The largest absolute Gasteiger partial charge is 0.459 e. The number of aliphatic hydroxyl groups is 5. The van der Waals surface area contributed by atoms with Crippen molar-refractivity contribution in [1.82, 2.24) is 14.5 Å². The first-order valence-electron chi connectivity index (χ1n) is 23.7. The molecule has 5 rings (SSSR count). The van der Waals surface area contributed by atoms with Crippen molar-refractivity contribution in [3.8, 4) is 0 Å². The molecule has 0 saturated carbocycles. The van der Waals surface area contributed by atoms with Crippen LogP contribution in [0.4, 0.5) is 0 Å². The normalized spacial score (nSPS) is 44.1. The molecule has 4 saturated heterocycles. The van der Waals surface area contributed by atoms with Gasteiger partial charge in [-0.15, -0.1) is 0 Å². The zero-order valence-corrected chi connectivity index (χ0v) is 42.6. The lowest BCUT2D eigenvalue weighted by Crippen LogP contribution is -2.70. The number of nitrogens with zero attached hydrogens (tertiary/aromatic N) is 2. The van der Waals surface area contributed by atoms with Gasteiger partial charge in [-0.25, -0.2) is 8.42 Å². The molecule has 4 aliphatic heterocycles. The summed E-state index contributed by atoms with van der Waals surface area (Å²) in [6.45, 7) is 19.3. The van der Waals surface area contributed by atoms with Crippen molar-refractivity contribution in [2.75, 3.05) is 40.3 Å². The van der Waals surface area contributed by atoms with Crippen molar-refractivity contribution in [1.29, 1.82) is 0 Å². The van der Waals surface area contributed by atoms with E-state index in [0.29, 0.717) is 11.6 Å². The van der Waals surface area contributed by atoms with E-state index in [1.54, 1.807) is 48.5 Å². The quantitative estimate of drug-likeness (QED) is 0.175. The van der Waals surface area contributed by atoms with E-state index in [0.717, 1.165) is 30.2 Å². The molecule has 17 nitrogen and oxygen atoms in total. The number of hydrogen-bond donors (Lipinski definition) is 6. The van der Waals surface area contributed by atoms with E-state index in [9.17, 15) is 38.7 Å². The zero-order valence-electron chi connectivity index (χ0n) is 41.1. The molecule has 4 fully saturated rings. The van der Waals surface area contributed by atoms with Gasteiger partial charge in [0.2, 0.25) is 10.0 Å². The highest BCUT2D eigenvalue weighted by molar-refractivity contribution is 7.89. The molecule has 0 radical (unpaired) electrons. The Hall–Kier alpha value is -1.59. The van der Waals surface area contributed by atoms with Crippen LogP contribution in [0.2, 0.25) is 5.02 Å². The zero-order chi connectivity index (χ0) is 49.3. The Bertz CT molecular complexity index is 1860. The van der Waals surface area contributed by atoms with E-state index in [-0.39, 0.29) is 43.0 Å². The second kappa shape index (κ2) is 21.8. The Labute approximate surface area is 397 Å². The molecule has 66 heavy (non-hydrogen) atoms. The molecule has 1 aromatic carbocycles. The maximum Gasteiger partial charge on any atom is 0.311 e. The molecule has 1 aromatic rings. The van der Waals surface area contributed by atoms with Gasteiger partial charge in [-0.1, -0.05) is 32.4 Å². The average Bonchev–Trinajstić information content (AvgIpc) is 3.77. The first kappa shape index (κ1) is 55.3. The monoisotopic (exact) mass is 978 g/mol. The molecule has 380 valence electrons. The van der Waals surface area contributed by atoms with Gasteiger partial charge in [0.25, 0.3) is 0 Å². The van der Waals surface area contributed by atoms with E-state index in [1.165, 1.54) is 45.3 Å². The lowest BCUT2D eigenvalue weighted by atomic mass is 9.75. The third-order valence-electron chi connectivity index (χ3n) is 15.2. The fraction of sp³-hybridized carbons (Fsp3) is 0.851. The van der Waals surface area contributed by atoms with Crippen molar-refractivity contribution in [3.63, 3.8) is 0 Å². The van der Waals surface area contributed by atoms with E-state index in [4.69, 9.17) is 40.0 Å². The Morgan fingerprint density at radius 1 is 0.955 bits per heavy atom. The molecule has 0 spiro atoms. The number of sulfonamides is 1. The summed E-state index contributed by atoms with van der Waals surface area (Å²) in [5.74, 6) is -3.12. The minimum absolute atomic E-state index is 0.0213. The van der Waals surface area contributed by atoms with Crippen LogP contribution in [0.15, 0.2) is 29.2 Å². The first-order valence-corrected chi connectivity index (χ1v) is 25.5. The summed E-state index contributed by atoms with van der Waals surface area (Å²) < 4.78 is 67.6. The van der Waals surface area contributed by atoms with Crippen LogP contribution in [0.1, 0.15) is 108 Å². The average molecular weight is 979 g/mol. The predicted molar refractivity (Wildman–Crippen MR) is 247 cm³/mol. The number of methoxy groups -OCH3 is 1. The van der Waals surface area contributed by atoms with Gasteiger partial charge in [0.1, 0.15) is 35.1 Å². The molecule has 18 atom stereocenters. The molecule has 0 aliphatic carbocycles. The number of esters is 1. The highest BCUT2D eigenvalue weighted by atomic mass is 35.5. The summed E-state index contributed by atoms with van der Waals surface area (Å²) in [6.07, 6.45) is -8.03. The van der Waals surface area contributed by atoms with Crippen LogP contribution in [0.25, 0.3) is 0 Å². The molecular formula is C47H80ClN3O14S. The highest BCUT2D eigenvalue weighted by Crippen LogP contribution is 2.44. The minimum Gasteiger partial charge on any atom is -0.459 e. The topological polar surface area (TPSA) is 226 Å². The van der Waals surface area contributed by atoms with Crippen LogP contribution < -0.4 is 5.32 Å². The first-order chi connectivity index (χ1) is 30.6. The summed E-state index contributed by atoms with van der Waals surface area (Å²) in [5, 5.41) is 64.1. The Kier molecular flexibility index (Phi) is 18.3. The van der Waals surface area contributed by atoms with Gasteiger partial charge in [0.15, 0.2) is 12.6 Å². The van der Waals surface area contributed by atoms with E-state index in [1.807, 2.05) is 13.8 Å². The SMILES string of the molecule is CC[C@H]1OC(=O)[C@H](C)[C@@H](O[C@H]2C[C@@](C)(OC)[C@](O)(CN3CCCC3)[C@H](C)O2)[C@H](C)[C@@H](O[C@@H]2O[C@H](C)C[C@H](N(C)S(=O)(=O)c3ccc(Cl)cc3)[C@H]2O)[C@](C)(O)C[C@@H](C)CN[C@H](C)[C@@H](O)[C@]1(C)O. The lowest BCUT2D eigenvalue weighted by Gasteiger charge is -2.54. The van der Waals surface area contributed by atoms with Crippen molar-refractivity contribution in [2.24, 2.45) is 17.8 Å². The molecule has 0 aromatic heterocycles. The van der Waals surface area contributed by atoms with Crippen LogP contribution in [0, 0.1) is 17.8 Å². The summed E-state index contributed by atoms with van der Waals surface area (Å²) in [7, 11) is -1.23. The lowest BCUT2D eigenvalue weighted by molar-refractivity contribution is -0.338. The molecule has 4 heterocycles. The van der Waals surface area contributed by atoms with Crippen LogP contribution in [-0.2, 0) is 43.2 Å². The van der Waals surface area contributed by atoms with Gasteiger partial charge >= 0.3 is 5.97 Å². The van der Waals surface area contributed by atoms with Gasteiger partial charge in [-0.2, -0.15) is 4.31 Å². The summed E-state index contributed by atoms with van der Waals surface area (Å²) >= 11 is 6.07. The third-order valence-corrected chi connectivity index (χ3v) is 17.3. The minimum atomic E-state index is -4.14. The van der Waals surface area contributed by atoms with Crippen LogP contribution in [-0.4, -0.2) is 179 Å². The van der Waals surface area contributed by atoms with E-state index < -0.39 is 118 Å². The molecule has 0 amide bonds. The number of halogens is 1. The van der Waals surface area contributed by atoms with Crippen LogP contribution in [0.5, 0.6) is 0 Å². The molecule has 6 N–H and O–H groups in total. The number of hydrogen-bond acceptors (Lipinski definition) is 16. The van der Waals surface area contributed by atoms with E-state index >= 15 is 0 Å². The second-order valence-electron chi connectivity index (χ2n) is 20.5. The number of carbonyl (C=O) groups is 1. The van der Waals surface area contributed by atoms with Crippen molar-refractivity contribution >= 4 is 27.6 Å². The van der Waals surface area contributed by atoms with Gasteiger partial charge in [-0.3, -0.25) is 4.79 Å². The molecule has 4 aliphatic rings. The number of carbonyl (C=O) groups excluding carboxylic acids is 1. The van der Waals surface area contributed by atoms with Crippen molar-refractivity contribution in [3.05, 3.63) is 29.3 Å². The Balaban J connectivity index is 1.57. The number of β-amino-alcohol motifs (C(OH)–C–C–N with tert-alkyl or cyclic N) is 1. The number of aliphatic hydroxyl groups excluding tert-OH is 2. The number of cyclic esters (lactones) is 1. The smallest absolute Gasteiger partial charge is 0.311 e. The molecule has 0 bridgehead atoms. The van der Waals surface area contributed by atoms with Crippen molar-refractivity contribution in [2.45, 2.75) is 202 Å². The predicted octanol–water partition coefficient (Wildman–Crippen LogP) is 3.44. The van der Waals surface area contributed by atoms with Gasteiger partial charge in [0.05, 0.1) is 46.9 Å². The number of likely N-dealkylation sites (N-methyl/N-ethyl adjacent to an activating group) is 1. The maximum absolute atomic E-state index is 14.5. The summed E-state index contributed by atoms with van der Waals surface area (Å²) in [4.78, 5) is 16.7. The van der Waals surface area contributed by atoms with Crippen LogP contribution in [0.3, 0.4) is 0 Å². The number of benzene rings is 1. The standard InChI is InChI=1S/C47H80ClN3O14S/c1-13-36-46(10,56)40(53)31(6)49-25-27(2)23-44(8,55)41(65-43-38(52)35(22-28(3)61-43)50(11)66(58,59)34-18-16-33(48)17-19-34)29(4)39(30(5)42(54)63-36)64-37-24-45(9,60-12)47(57,32(7)62-37)26-51-20-14-15-21-51/h16-19,27-32,35-41,43,49,52-53,55-57H,13-15,20-26H2,1-12H3/t27-,28-,29+,30-,31-,32+,35+,36-,37+,38-,39+,40-,41-,43+,44-,45-,46-,47+/m1/s1. The fourth-order valence-electron chi connectivity index (χ4n) is 10.8. The Morgan fingerprint density at radius 2 is 1.58 bits per heavy atom. The molecule has 0 unspecified atom stereocenters.